The first kappa shape index (κ1) is 13.1. The van der Waals surface area contributed by atoms with Crippen LogP contribution in [-0.4, -0.2) is 16.8 Å². The highest BCUT2D eigenvalue weighted by Crippen LogP contribution is 2.14. The van der Waals surface area contributed by atoms with Gasteiger partial charge in [0.1, 0.15) is 11.8 Å². The summed E-state index contributed by atoms with van der Waals surface area (Å²) >= 11 is 0. The third-order valence-corrected chi connectivity index (χ3v) is 2.86. The van der Waals surface area contributed by atoms with Crippen LogP contribution in [0.3, 0.4) is 0 Å². The van der Waals surface area contributed by atoms with E-state index in [2.05, 4.69) is 22.4 Å². The summed E-state index contributed by atoms with van der Waals surface area (Å²) in [7, 11) is 0. The quantitative estimate of drug-likeness (QED) is 0.830. The second-order valence-corrected chi connectivity index (χ2v) is 4.22. The molecule has 2 N–H and O–H groups in total. The Labute approximate surface area is 112 Å². The number of nitrogens with one attached hydrogen (secondary N) is 2. The van der Waals surface area contributed by atoms with E-state index in [4.69, 9.17) is 10.00 Å². The number of rotatable bonds is 6. The number of benzene rings is 1. The summed E-state index contributed by atoms with van der Waals surface area (Å²) < 4.78 is 5.20. The molecule has 5 nitrogen and oxygen atoms in total. The van der Waals surface area contributed by atoms with E-state index >= 15 is 0 Å². The molecule has 0 spiro atoms. The smallest absolute Gasteiger partial charge is 0.174 e. The lowest BCUT2D eigenvalue weighted by atomic mass is 10.1. The molecule has 1 aromatic heterocycles. The second-order valence-electron chi connectivity index (χ2n) is 4.22. The third kappa shape index (κ3) is 3.83. The minimum Gasteiger partial charge on any atom is -0.479 e. The van der Waals surface area contributed by atoms with Gasteiger partial charge in [-0.25, -0.2) is 0 Å². The lowest BCUT2D eigenvalue weighted by Gasteiger charge is -2.12. The molecule has 0 saturated carbocycles. The maximum Gasteiger partial charge on any atom is 0.174 e. The normalized spacial score (nSPS) is 11.8. The van der Waals surface area contributed by atoms with Gasteiger partial charge in [-0.1, -0.05) is 12.1 Å². The Bertz CT molecular complexity index is 528. The fourth-order valence-corrected chi connectivity index (χ4v) is 1.71. The van der Waals surface area contributed by atoms with Crippen molar-refractivity contribution in [2.24, 2.45) is 0 Å². The lowest BCUT2D eigenvalue weighted by molar-refractivity contribution is 0.368. The first-order valence-corrected chi connectivity index (χ1v) is 6.10. The van der Waals surface area contributed by atoms with Crippen molar-refractivity contribution in [1.29, 1.82) is 5.26 Å². The van der Waals surface area contributed by atoms with Crippen molar-refractivity contribution in [3.8, 4) is 11.8 Å². The summed E-state index contributed by atoms with van der Waals surface area (Å²) in [5.74, 6) is 0.716. The van der Waals surface area contributed by atoms with Gasteiger partial charge in [0.05, 0.1) is 6.20 Å². The van der Waals surface area contributed by atoms with Crippen molar-refractivity contribution >= 4 is 0 Å². The van der Waals surface area contributed by atoms with E-state index in [1.807, 2.05) is 42.7 Å². The molecule has 1 unspecified atom stereocenters. The number of aromatic amines is 1. The standard InChI is InChI=1S/C14H16N4O/c1-11(13-9-17-18-10-13)16-8-12-2-4-14(5-3-12)19-7-6-15/h2-5,9-11,16H,7-8H2,1H3,(H,17,18). The van der Waals surface area contributed by atoms with Gasteiger partial charge in [0, 0.05) is 24.3 Å². The van der Waals surface area contributed by atoms with Gasteiger partial charge >= 0.3 is 0 Å². The predicted octanol–water partition coefficient (Wildman–Crippen LogP) is 2.16. The molecule has 0 radical (unpaired) electrons. The highest BCUT2D eigenvalue weighted by atomic mass is 16.5. The Balaban J connectivity index is 1.85. The number of nitrogens with zero attached hydrogens (tertiary/aromatic N) is 2. The van der Waals surface area contributed by atoms with E-state index in [9.17, 15) is 0 Å². The Hall–Kier alpha value is -2.32. The summed E-state index contributed by atoms with van der Waals surface area (Å²) in [5, 5.41) is 18.6. The Kier molecular flexibility index (Phi) is 4.54. The zero-order valence-electron chi connectivity index (χ0n) is 10.8. The Morgan fingerprint density at radius 3 is 2.84 bits per heavy atom. The molecule has 0 aliphatic heterocycles. The minimum absolute atomic E-state index is 0.0785. The van der Waals surface area contributed by atoms with E-state index in [0.29, 0.717) is 5.75 Å². The summed E-state index contributed by atoms with van der Waals surface area (Å²) in [6.45, 7) is 2.94. The molecule has 2 rings (SSSR count). The van der Waals surface area contributed by atoms with Crippen molar-refractivity contribution in [2.45, 2.75) is 19.5 Å². The highest BCUT2D eigenvalue weighted by Gasteiger charge is 2.05. The van der Waals surface area contributed by atoms with Crippen LogP contribution in [0.25, 0.3) is 0 Å². The van der Waals surface area contributed by atoms with E-state index in [0.717, 1.165) is 12.1 Å². The van der Waals surface area contributed by atoms with E-state index in [-0.39, 0.29) is 12.6 Å². The average molecular weight is 256 g/mol. The second kappa shape index (κ2) is 6.57. The molecule has 0 bridgehead atoms. The first-order chi connectivity index (χ1) is 9.29. The van der Waals surface area contributed by atoms with Gasteiger partial charge in [0.2, 0.25) is 0 Å². The van der Waals surface area contributed by atoms with Gasteiger partial charge in [-0.2, -0.15) is 10.4 Å². The molecule has 98 valence electrons. The molecule has 0 saturated heterocycles. The van der Waals surface area contributed by atoms with Gasteiger partial charge < -0.3 is 10.1 Å². The van der Waals surface area contributed by atoms with Gasteiger partial charge in [-0.05, 0) is 24.6 Å². The molecule has 2 aromatic rings. The number of H-pyrrole nitrogens is 1. The number of ether oxygens (including phenoxy) is 1. The number of nitriles is 1. The maximum atomic E-state index is 8.43. The molecule has 1 heterocycles. The van der Waals surface area contributed by atoms with Crippen molar-refractivity contribution in [3.05, 3.63) is 47.8 Å². The minimum atomic E-state index is 0.0785. The Morgan fingerprint density at radius 1 is 1.42 bits per heavy atom. The van der Waals surface area contributed by atoms with Crippen LogP contribution in [-0.2, 0) is 6.54 Å². The van der Waals surface area contributed by atoms with Crippen LogP contribution >= 0.6 is 0 Å². The van der Waals surface area contributed by atoms with Gasteiger partial charge in [-0.3, -0.25) is 5.10 Å². The largest absolute Gasteiger partial charge is 0.479 e. The topological polar surface area (TPSA) is 73.7 Å². The summed E-state index contributed by atoms with van der Waals surface area (Å²) in [6.07, 6.45) is 3.70. The summed E-state index contributed by atoms with van der Waals surface area (Å²) in [5.41, 5.74) is 2.30. The van der Waals surface area contributed by atoms with Crippen LogP contribution < -0.4 is 10.1 Å². The lowest BCUT2D eigenvalue weighted by Crippen LogP contribution is -2.17. The summed E-state index contributed by atoms with van der Waals surface area (Å²) in [4.78, 5) is 0. The zero-order chi connectivity index (χ0) is 13.5. The molecule has 0 amide bonds. The van der Waals surface area contributed by atoms with E-state index < -0.39 is 0 Å². The Morgan fingerprint density at radius 2 is 2.21 bits per heavy atom. The predicted molar refractivity (Wildman–Crippen MR) is 71.4 cm³/mol. The monoisotopic (exact) mass is 256 g/mol. The van der Waals surface area contributed by atoms with Crippen LogP contribution in [0.5, 0.6) is 5.75 Å². The average Bonchev–Trinajstić information content (AvgIpc) is 2.98. The summed E-state index contributed by atoms with van der Waals surface area (Å²) in [6, 6.07) is 9.91. The third-order valence-electron chi connectivity index (χ3n) is 2.86. The van der Waals surface area contributed by atoms with Crippen LogP contribution in [0, 0.1) is 11.3 Å². The maximum absolute atomic E-state index is 8.43. The van der Waals surface area contributed by atoms with Crippen molar-refractivity contribution in [3.63, 3.8) is 0 Å². The van der Waals surface area contributed by atoms with Crippen LogP contribution in [0.1, 0.15) is 24.1 Å². The van der Waals surface area contributed by atoms with Gasteiger partial charge in [0.15, 0.2) is 6.61 Å². The van der Waals surface area contributed by atoms with Crippen LogP contribution in [0.2, 0.25) is 0 Å². The molecule has 0 aliphatic carbocycles. The number of hydrogen-bond donors (Lipinski definition) is 2. The van der Waals surface area contributed by atoms with E-state index in [1.54, 1.807) is 0 Å². The highest BCUT2D eigenvalue weighted by molar-refractivity contribution is 5.27. The molecule has 0 aliphatic rings. The number of hydrogen-bond acceptors (Lipinski definition) is 4. The van der Waals surface area contributed by atoms with Gasteiger partial charge in [0.25, 0.3) is 0 Å². The fourth-order valence-electron chi connectivity index (χ4n) is 1.71. The molecular weight excluding hydrogens is 240 g/mol. The molecule has 19 heavy (non-hydrogen) atoms. The van der Waals surface area contributed by atoms with Crippen molar-refractivity contribution < 1.29 is 4.74 Å². The van der Waals surface area contributed by atoms with Crippen molar-refractivity contribution in [2.75, 3.05) is 6.61 Å². The first-order valence-electron chi connectivity index (χ1n) is 6.10. The molecule has 1 aromatic carbocycles. The van der Waals surface area contributed by atoms with Crippen LogP contribution in [0.4, 0.5) is 0 Å². The zero-order valence-corrected chi connectivity index (χ0v) is 10.8. The number of aromatic nitrogens is 2. The van der Waals surface area contributed by atoms with Crippen molar-refractivity contribution in [1.82, 2.24) is 15.5 Å². The van der Waals surface area contributed by atoms with Crippen LogP contribution in [0.15, 0.2) is 36.7 Å². The molecular formula is C14H16N4O. The molecule has 1 atom stereocenters. The van der Waals surface area contributed by atoms with Gasteiger partial charge in [-0.15, -0.1) is 0 Å². The van der Waals surface area contributed by atoms with E-state index in [1.165, 1.54) is 5.56 Å². The fraction of sp³-hybridized carbons (Fsp3) is 0.286. The SMILES string of the molecule is CC(NCc1ccc(OCC#N)cc1)c1cn[nH]c1. The molecule has 0 fully saturated rings. The molecule has 5 heteroatoms.